The Bertz CT molecular complexity index is 302. The van der Waals surface area contributed by atoms with Gasteiger partial charge in [-0.25, -0.2) is 0 Å². The molecule has 0 saturated heterocycles. The van der Waals surface area contributed by atoms with Crippen LogP contribution in [0.3, 0.4) is 0 Å². The van der Waals surface area contributed by atoms with E-state index in [4.69, 9.17) is 0 Å². The quantitative estimate of drug-likeness (QED) is 0.526. The minimum absolute atomic E-state index is 0.201. The molecule has 1 aromatic rings. The molecule has 0 atom stereocenters. The van der Waals surface area contributed by atoms with Crippen LogP contribution >= 0.6 is 0 Å². The molecule has 0 saturated carbocycles. The van der Waals surface area contributed by atoms with Gasteiger partial charge in [-0.2, -0.15) is 0 Å². The van der Waals surface area contributed by atoms with Crippen LogP contribution in [-0.2, 0) is 0 Å². The number of aromatic nitrogens is 1. The molecule has 1 heterocycles. The van der Waals surface area contributed by atoms with Crippen molar-refractivity contribution >= 4 is 5.97 Å². The number of nitrogens with one attached hydrogen (secondary N) is 1. The summed E-state index contributed by atoms with van der Waals surface area (Å²) in [5.41, 5.74) is -0.551. The fourth-order valence-corrected chi connectivity index (χ4v) is 0.563. The zero-order valence-corrected chi connectivity index (χ0v) is 4.96. The second-order valence-electron chi connectivity index (χ2n) is 1.73. The maximum atomic E-state index is 10.5. The molecule has 10 heavy (non-hydrogen) atoms. The Hall–Kier alpha value is -1.58. The maximum Gasteiger partial charge on any atom is 0.182 e. The number of hydrogen-bond donors (Lipinski definition) is 1. The van der Waals surface area contributed by atoms with E-state index >= 15 is 0 Å². The number of H-pyrrole nitrogens is 1. The van der Waals surface area contributed by atoms with Gasteiger partial charge in [0.25, 0.3) is 0 Å². The van der Waals surface area contributed by atoms with Crippen molar-refractivity contribution in [1.82, 2.24) is 4.98 Å². The first-order chi connectivity index (χ1) is 4.70. The molecule has 52 valence electrons. The molecule has 0 spiro atoms. The smallest absolute Gasteiger partial charge is 0.182 e. The number of aromatic amines is 1. The fourth-order valence-electron chi connectivity index (χ4n) is 0.563. The lowest BCUT2D eigenvalue weighted by Crippen LogP contribution is -2.24. The highest BCUT2D eigenvalue weighted by Crippen LogP contribution is 1.83. The number of carbonyl (C=O) groups excluding carboxylic acids is 1. The highest BCUT2D eigenvalue weighted by atomic mass is 16.4. The van der Waals surface area contributed by atoms with Crippen LogP contribution in [0.15, 0.2) is 23.1 Å². The number of rotatable bonds is 1. The normalized spacial score (nSPS) is 9.20. The first-order valence-corrected chi connectivity index (χ1v) is 2.60. The van der Waals surface area contributed by atoms with Crippen molar-refractivity contribution in [2.24, 2.45) is 0 Å². The second-order valence-corrected chi connectivity index (χ2v) is 1.73. The SMILES string of the molecule is O=C([O-])c1cc(=O)cc[nH]1. The summed E-state index contributed by atoms with van der Waals surface area (Å²) in [6.45, 7) is 0. The van der Waals surface area contributed by atoms with Gasteiger partial charge in [0.2, 0.25) is 0 Å². The minimum atomic E-state index is -1.38. The molecule has 1 N–H and O–H groups in total. The zero-order chi connectivity index (χ0) is 7.56. The monoisotopic (exact) mass is 138 g/mol. The van der Waals surface area contributed by atoms with E-state index in [1.807, 2.05) is 0 Å². The molecule has 0 aromatic carbocycles. The van der Waals surface area contributed by atoms with Crippen LogP contribution in [0.25, 0.3) is 0 Å². The highest BCUT2D eigenvalue weighted by Gasteiger charge is 1.90. The summed E-state index contributed by atoms with van der Waals surface area (Å²) in [7, 11) is 0. The van der Waals surface area contributed by atoms with Crippen LogP contribution in [0, 0.1) is 0 Å². The summed E-state index contributed by atoms with van der Waals surface area (Å²) in [6, 6.07) is 2.20. The Morgan fingerprint density at radius 1 is 1.60 bits per heavy atom. The molecule has 0 radical (unpaired) electrons. The number of carbonyl (C=O) groups is 1. The summed E-state index contributed by atoms with van der Waals surface area (Å²) in [4.78, 5) is 22.9. The lowest BCUT2D eigenvalue weighted by Gasteiger charge is -1.98. The topological polar surface area (TPSA) is 73.0 Å². The van der Waals surface area contributed by atoms with Crippen LogP contribution in [0.5, 0.6) is 0 Å². The number of pyridine rings is 1. The minimum Gasteiger partial charge on any atom is -0.543 e. The van der Waals surface area contributed by atoms with Crippen molar-refractivity contribution in [2.45, 2.75) is 0 Å². The van der Waals surface area contributed by atoms with Gasteiger partial charge in [-0.15, -0.1) is 0 Å². The predicted molar refractivity (Wildman–Crippen MR) is 31.4 cm³/mol. The van der Waals surface area contributed by atoms with Crippen molar-refractivity contribution < 1.29 is 9.90 Å². The lowest BCUT2D eigenvalue weighted by atomic mass is 10.3. The molecular weight excluding hydrogens is 134 g/mol. The Labute approximate surface area is 56.1 Å². The first-order valence-electron chi connectivity index (χ1n) is 2.60. The van der Waals surface area contributed by atoms with Gasteiger partial charge in [-0.1, -0.05) is 0 Å². The van der Waals surface area contributed by atoms with Gasteiger partial charge < -0.3 is 14.9 Å². The van der Waals surface area contributed by atoms with Gasteiger partial charge in [-0.05, 0) is 0 Å². The Balaban J connectivity index is 3.20. The van der Waals surface area contributed by atoms with Crippen molar-refractivity contribution in [3.63, 3.8) is 0 Å². The average molecular weight is 138 g/mol. The molecule has 0 aliphatic rings. The predicted octanol–water partition coefficient (Wildman–Crippen LogP) is -1.26. The fraction of sp³-hybridized carbons (Fsp3) is 0. The van der Waals surface area contributed by atoms with Crippen molar-refractivity contribution in [1.29, 1.82) is 0 Å². The lowest BCUT2D eigenvalue weighted by molar-refractivity contribution is -0.255. The van der Waals surface area contributed by atoms with E-state index in [-0.39, 0.29) is 11.1 Å². The van der Waals surface area contributed by atoms with Gasteiger partial charge in [-0.3, -0.25) is 4.79 Å². The third-order valence-corrected chi connectivity index (χ3v) is 0.993. The molecule has 4 nitrogen and oxygen atoms in total. The molecular formula is C6H4NO3-. The van der Waals surface area contributed by atoms with Gasteiger partial charge in [0, 0.05) is 18.3 Å². The van der Waals surface area contributed by atoms with Gasteiger partial charge in [0.05, 0.1) is 11.7 Å². The van der Waals surface area contributed by atoms with E-state index in [0.717, 1.165) is 6.07 Å². The molecule has 0 fully saturated rings. The largest absolute Gasteiger partial charge is 0.543 e. The standard InChI is InChI=1S/C6H5NO3/c8-4-1-2-7-5(3-4)6(9)10/h1-3H,(H,7,8)(H,9,10)/p-1. The summed E-state index contributed by atoms with van der Waals surface area (Å²) >= 11 is 0. The number of carboxylic acids is 1. The Morgan fingerprint density at radius 2 is 2.30 bits per heavy atom. The molecule has 0 aliphatic heterocycles. The van der Waals surface area contributed by atoms with Crippen LogP contribution in [0.1, 0.15) is 10.5 Å². The molecule has 1 rings (SSSR count). The third kappa shape index (κ3) is 1.22. The summed E-state index contributed by atoms with van der Waals surface area (Å²) in [6.07, 6.45) is 1.26. The van der Waals surface area contributed by atoms with E-state index in [1.54, 1.807) is 0 Å². The second kappa shape index (κ2) is 2.34. The highest BCUT2D eigenvalue weighted by molar-refractivity contribution is 5.83. The molecule has 0 amide bonds. The third-order valence-electron chi connectivity index (χ3n) is 0.993. The maximum absolute atomic E-state index is 10.5. The van der Waals surface area contributed by atoms with Crippen LogP contribution in [-0.4, -0.2) is 11.0 Å². The summed E-state index contributed by atoms with van der Waals surface area (Å²) < 4.78 is 0. The van der Waals surface area contributed by atoms with E-state index in [9.17, 15) is 14.7 Å². The van der Waals surface area contributed by atoms with E-state index in [1.165, 1.54) is 12.3 Å². The molecule has 4 heteroatoms. The molecule has 0 bridgehead atoms. The van der Waals surface area contributed by atoms with Gasteiger partial charge in [0.15, 0.2) is 5.43 Å². The van der Waals surface area contributed by atoms with Crippen molar-refractivity contribution in [3.8, 4) is 0 Å². The number of aromatic carboxylic acids is 1. The van der Waals surface area contributed by atoms with Crippen LogP contribution in [0.2, 0.25) is 0 Å². The van der Waals surface area contributed by atoms with E-state index in [2.05, 4.69) is 4.98 Å². The van der Waals surface area contributed by atoms with E-state index < -0.39 is 5.97 Å². The zero-order valence-electron chi connectivity index (χ0n) is 4.96. The summed E-state index contributed by atoms with van der Waals surface area (Å²) in [5.74, 6) is -1.38. The van der Waals surface area contributed by atoms with Crippen LogP contribution < -0.4 is 10.5 Å². The van der Waals surface area contributed by atoms with E-state index in [0.29, 0.717) is 0 Å². The molecule has 0 aliphatic carbocycles. The number of hydrogen-bond acceptors (Lipinski definition) is 3. The van der Waals surface area contributed by atoms with Gasteiger partial charge >= 0.3 is 0 Å². The molecule has 1 aromatic heterocycles. The first kappa shape index (κ1) is 6.54. The van der Waals surface area contributed by atoms with Crippen molar-refractivity contribution in [2.75, 3.05) is 0 Å². The van der Waals surface area contributed by atoms with Crippen LogP contribution in [0.4, 0.5) is 0 Å². The average Bonchev–Trinajstić information content (AvgIpc) is 1.88. The number of carboxylic acid groups (broad SMARTS) is 1. The van der Waals surface area contributed by atoms with Crippen molar-refractivity contribution in [3.05, 3.63) is 34.2 Å². The Morgan fingerprint density at radius 3 is 2.70 bits per heavy atom. The Kier molecular flexibility index (Phi) is 1.53. The summed E-state index contributed by atoms with van der Waals surface area (Å²) in [5, 5.41) is 10.1. The van der Waals surface area contributed by atoms with Gasteiger partial charge in [0.1, 0.15) is 0 Å². The molecule has 0 unspecified atom stereocenters.